The molecule has 0 bridgehead atoms. The fourth-order valence-electron chi connectivity index (χ4n) is 2.94. The number of rotatable bonds is 3. The number of benzene rings is 1. The van der Waals surface area contributed by atoms with Gasteiger partial charge >= 0.3 is 0 Å². The first-order chi connectivity index (χ1) is 9.18. The minimum Gasteiger partial charge on any atom is -0.302 e. The van der Waals surface area contributed by atoms with Crippen LogP contribution in [0.3, 0.4) is 0 Å². The Balaban J connectivity index is 1.67. The molecule has 0 atom stereocenters. The zero-order valence-electron chi connectivity index (χ0n) is 11.1. The lowest BCUT2D eigenvalue weighted by atomic mass is 10.1. The molecule has 0 N–H and O–H groups in total. The minimum atomic E-state index is -3.24. The molecule has 4 nitrogen and oxygen atoms in total. The molecule has 5 heteroatoms. The number of fused-ring (bicyclic) bond motifs is 1. The highest BCUT2D eigenvalue weighted by Gasteiger charge is 2.33. The van der Waals surface area contributed by atoms with Crippen LogP contribution in [0.2, 0.25) is 0 Å². The van der Waals surface area contributed by atoms with E-state index in [0.29, 0.717) is 18.0 Å². The lowest BCUT2D eigenvalue weighted by molar-refractivity contribution is 0.213. The second kappa shape index (κ2) is 5.23. The van der Waals surface area contributed by atoms with E-state index in [1.807, 2.05) is 12.1 Å². The largest absolute Gasteiger partial charge is 0.302 e. The van der Waals surface area contributed by atoms with Crippen LogP contribution in [0.15, 0.2) is 29.2 Å². The molecule has 0 spiro atoms. The van der Waals surface area contributed by atoms with Crippen molar-refractivity contribution in [1.82, 2.24) is 9.21 Å². The van der Waals surface area contributed by atoms with E-state index in [1.54, 1.807) is 16.4 Å². The van der Waals surface area contributed by atoms with E-state index in [-0.39, 0.29) is 0 Å². The quantitative estimate of drug-likeness (QED) is 0.846. The monoisotopic (exact) mass is 280 g/mol. The van der Waals surface area contributed by atoms with Crippen LogP contribution in [-0.4, -0.2) is 43.8 Å². The van der Waals surface area contributed by atoms with Gasteiger partial charge in [-0.3, -0.25) is 0 Å². The molecule has 104 valence electrons. The van der Waals surface area contributed by atoms with Gasteiger partial charge in [0.25, 0.3) is 0 Å². The smallest absolute Gasteiger partial charge is 0.243 e. The van der Waals surface area contributed by atoms with Crippen molar-refractivity contribution in [2.45, 2.75) is 30.7 Å². The van der Waals surface area contributed by atoms with Gasteiger partial charge in [0, 0.05) is 19.6 Å². The van der Waals surface area contributed by atoms with E-state index in [1.165, 1.54) is 19.3 Å². The van der Waals surface area contributed by atoms with Gasteiger partial charge in [-0.15, -0.1) is 0 Å². The molecule has 2 heterocycles. The van der Waals surface area contributed by atoms with Crippen molar-refractivity contribution in [2.75, 3.05) is 26.2 Å². The molecule has 0 aliphatic carbocycles. The second-order valence-electron chi connectivity index (χ2n) is 5.35. The zero-order valence-corrected chi connectivity index (χ0v) is 11.9. The standard InChI is InChI=1S/C14H20N2O2S/c17-19(18)14-7-3-2-6-13(14)12-16(19)11-10-15-8-4-1-5-9-15/h2-3,6-7H,1,4-5,8-12H2. The van der Waals surface area contributed by atoms with E-state index in [4.69, 9.17) is 0 Å². The van der Waals surface area contributed by atoms with Gasteiger partial charge in [-0.25, -0.2) is 8.42 Å². The Morgan fingerprint density at radius 2 is 1.74 bits per heavy atom. The van der Waals surface area contributed by atoms with E-state index < -0.39 is 10.0 Å². The molecule has 2 aliphatic rings. The number of hydrogen-bond donors (Lipinski definition) is 0. The Morgan fingerprint density at radius 1 is 1.00 bits per heavy atom. The fraction of sp³-hybridized carbons (Fsp3) is 0.571. The maximum absolute atomic E-state index is 12.4. The highest BCUT2D eigenvalue weighted by atomic mass is 32.2. The average molecular weight is 280 g/mol. The lowest BCUT2D eigenvalue weighted by Crippen LogP contribution is -2.38. The van der Waals surface area contributed by atoms with Crippen molar-refractivity contribution in [2.24, 2.45) is 0 Å². The van der Waals surface area contributed by atoms with Crippen molar-refractivity contribution in [3.8, 4) is 0 Å². The van der Waals surface area contributed by atoms with Crippen LogP contribution in [-0.2, 0) is 16.6 Å². The van der Waals surface area contributed by atoms with Gasteiger partial charge in [0.1, 0.15) is 0 Å². The molecule has 3 rings (SSSR count). The first-order valence-electron chi connectivity index (χ1n) is 6.98. The summed E-state index contributed by atoms with van der Waals surface area (Å²) in [5.41, 5.74) is 0.932. The SMILES string of the molecule is O=S1(=O)c2ccccc2CN1CCN1CCCCC1. The van der Waals surface area contributed by atoms with Crippen LogP contribution >= 0.6 is 0 Å². The van der Waals surface area contributed by atoms with Crippen molar-refractivity contribution in [1.29, 1.82) is 0 Å². The Morgan fingerprint density at radius 3 is 2.47 bits per heavy atom. The fourth-order valence-corrected chi connectivity index (χ4v) is 4.56. The normalized spacial score (nSPS) is 23.4. The van der Waals surface area contributed by atoms with Crippen LogP contribution in [0.1, 0.15) is 24.8 Å². The van der Waals surface area contributed by atoms with Crippen LogP contribution in [0, 0.1) is 0 Å². The summed E-state index contributed by atoms with van der Waals surface area (Å²) in [7, 11) is -3.24. The third kappa shape index (κ3) is 2.55. The second-order valence-corrected chi connectivity index (χ2v) is 7.25. The van der Waals surface area contributed by atoms with E-state index in [0.717, 1.165) is 25.2 Å². The van der Waals surface area contributed by atoms with Gasteiger partial charge in [-0.2, -0.15) is 4.31 Å². The maximum Gasteiger partial charge on any atom is 0.243 e. The first kappa shape index (κ1) is 13.1. The molecule has 2 aliphatic heterocycles. The topological polar surface area (TPSA) is 40.6 Å². The molecular formula is C14H20N2O2S. The number of likely N-dealkylation sites (tertiary alicyclic amines) is 1. The van der Waals surface area contributed by atoms with Crippen molar-refractivity contribution < 1.29 is 8.42 Å². The Kier molecular flexibility index (Phi) is 3.60. The predicted molar refractivity (Wildman–Crippen MR) is 74.3 cm³/mol. The third-order valence-electron chi connectivity index (χ3n) is 4.05. The van der Waals surface area contributed by atoms with Crippen molar-refractivity contribution in [3.05, 3.63) is 29.8 Å². The molecule has 1 fully saturated rings. The molecule has 0 amide bonds. The first-order valence-corrected chi connectivity index (χ1v) is 8.42. The number of hydrogen-bond acceptors (Lipinski definition) is 3. The van der Waals surface area contributed by atoms with Gasteiger partial charge < -0.3 is 4.90 Å². The van der Waals surface area contributed by atoms with Gasteiger partial charge in [0.15, 0.2) is 0 Å². The summed E-state index contributed by atoms with van der Waals surface area (Å²) in [6.07, 6.45) is 3.80. The minimum absolute atomic E-state index is 0.494. The van der Waals surface area contributed by atoms with Gasteiger partial charge in [0.2, 0.25) is 10.0 Å². The molecule has 0 radical (unpaired) electrons. The summed E-state index contributed by atoms with van der Waals surface area (Å²) in [6, 6.07) is 7.33. The summed E-state index contributed by atoms with van der Waals surface area (Å²) >= 11 is 0. The Hall–Kier alpha value is -0.910. The van der Waals surface area contributed by atoms with Crippen LogP contribution in [0.5, 0.6) is 0 Å². The molecule has 0 aromatic heterocycles. The van der Waals surface area contributed by atoms with Crippen molar-refractivity contribution >= 4 is 10.0 Å². The van der Waals surface area contributed by atoms with Crippen LogP contribution in [0.4, 0.5) is 0 Å². The van der Waals surface area contributed by atoms with Gasteiger partial charge in [0.05, 0.1) is 4.90 Å². The molecule has 1 aromatic rings. The zero-order chi connectivity index (χ0) is 13.3. The van der Waals surface area contributed by atoms with Crippen LogP contribution < -0.4 is 0 Å². The molecule has 1 aromatic carbocycles. The summed E-state index contributed by atoms with van der Waals surface area (Å²) < 4.78 is 26.3. The van der Waals surface area contributed by atoms with Crippen LogP contribution in [0.25, 0.3) is 0 Å². The highest BCUT2D eigenvalue weighted by molar-refractivity contribution is 7.89. The summed E-state index contributed by atoms with van der Waals surface area (Å²) in [6.45, 7) is 4.22. The summed E-state index contributed by atoms with van der Waals surface area (Å²) in [4.78, 5) is 2.87. The van der Waals surface area contributed by atoms with E-state index in [9.17, 15) is 8.42 Å². The average Bonchev–Trinajstić information content (AvgIpc) is 2.70. The molecule has 0 saturated carbocycles. The van der Waals surface area contributed by atoms with Crippen molar-refractivity contribution in [3.63, 3.8) is 0 Å². The van der Waals surface area contributed by atoms with Gasteiger partial charge in [-0.05, 0) is 37.6 Å². The third-order valence-corrected chi connectivity index (χ3v) is 6.00. The maximum atomic E-state index is 12.4. The molecule has 19 heavy (non-hydrogen) atoms. The van der Waals surface area contributed by atoms with E-state index >= 15 is 0 Å². The lowest BCUT2D eigenvalue weighted by Gasteiger charge is -2.27. The molecule has 0 unspecified atom stereocenters. The van der Waals surface area contributed by atoms with E-state index in [2.05, 4.69) is 4.90 Å². The molecular weight excluding hydrogens is 260 g/mol. The number of nitrogens with zero attached hydrogens (tertiary/aromatic N) is 2. The predicted octanol–water partition coefficient (Wildman–Crippen LogP) is 1.68. The number of piperidine rings is 1. The highest BCUT2D eigenvalue weighted by Crippen LogP contribution is 2.29. The Labute approximate surface area is 115 Å². The Bertz CT molecular complexity index is 550. The number of sulfonamides is 1. The van der Waals surface area contributed by atoms with Gasteiger partial charge in [-0.1, -0.05) is 24.6 Å². The summed E-state index contributed by atoms with van der Waals surface area (Å²) in [5.74, 6) is 0. The summed E-state index contributed by atoms with van der Waals surface area (Å²) in [5, 5.41) is 0. The molecule has 1 saturated heterocycles.